The number of aromatic nitrogens is 2. The number of hydrogen-bond donors (Lipinski definition) is 1. The monoisotopic (exact) mass is 296 g/mol. The number of rotatable bonds is 4. The first kappa shape index (κ1) is 14.7. The zero-order chi connectivity index (χ0) is 14.7. The lowest BCUT2D eigenvalue weighted by Crippen LogP contribution is -2.40. The van der Waals surface area contributed by atoms with Crippen molar-refractivity contribution in [3.05, 3.63) is 16.5 Å². The van der Waals surface area contributed by atoms with Gasteiger partial charge < -0.3 is 10.2 Å². The molecule has 2 rings (SSSR count). The molecule has 1 aliphatic heterocycles. The number of amides is 1. The topological polar surface area (TPSA) is 75.2 Å². The molecule has 0 spiro atoms. The number of aryl methyl sites for hydroxylation is 1. The predicted octanol–water partition coefficient (Wildman–Crippen LogP) is 1.67. The van der Waals surface area contributed by atoms with Crippen molar-refractivity contribution >= 4 is 29.6 Å². The Morgan fingerprint density at radius 3 is 2.65 bits per heavy atom. The van der Waals surface area contributed by atoms with Gasteiger partial charge in [0.1, 0.15) is 22.8 Å². The second-order valence-electron chi connectivity index (χ2n) is 4.84. The van der Waals surface area contributed by atoms with Crippen LogP contribution in [-0.2, 0) is 4.79 Å². The van der Waals surface area contributed by atoms with Crippen LogP contribution in [0.25, 0.3) is 0 Å². The van der Waals surface area contributed by atoms with E-state index < -0.39 is 6.04 Å². The lowest BCUT2D eigenvalue weighted by Gasteiger charge is -2.22. The van der Waals surface area contributed by atoms with Gasteiger partial charge in [0.25, 0.3) is 0 Å². The number of hydrogen-bond acceptors (Lipinski definition) is 5. The summed E-state index contributed by atoms with van der Waals surface area (Å²) in [4.78, 5) is 33.2. The molecule has 1 atom stereocenters. The maximum atomic E-state index is 12.2. The van der Waals surface area contributed by atoms with Gasteiger partial charge in [-0.15, -0.1) is 0 Å². The van der Waals surface area contributed by atoms with Gasteiger partial charge in [0.15, 0.2) is 6.29 Å². The number of nitrogens with zero attached hydrogens (tertiary/aromatic N) is 3. The van der Waals surface area contributed by atoms with E-state index in [-0.39, 0.29) is 16.6 Å². The van der Waals surface area contributed by atoms with Crippen LogP contribution < -0.4 is 5.32 Å². The number of aldehydes is 1. The van der Waals surface area contributed by atoms with E-state index >= 15 is 0 Å². The number of nitrogens with one attached hydrogen (secondary N) is 1. The molecule has 1 amide bonds. The Bertz CT molecular complexity index is 529. The molecular weight excluding hydrogens is 280 g/mol. The van der Waals surface area contributed by atoms with Crippen molar-refractivity contribution < 1.29 is 9.59 Å². The molecule has 1 saturated heterocycles. The molecule has 6 nitrogen and oxygen atoms in total. The zero-order valence-corrected chi connectivity index (χ0v) is 12.3. The normalized spacial score (nSPS) is 16.1. The van der Waals surface area contributed by atoms with Crippen molar-refractivity contribution in [3.8, 4) is 0 Å². The average molecular weight is 297 g/mol. The highest BCUT2D eigenvalue weighted by Crippen LogP contribution is 2.20. The molecular formula is C13H17ClN4O2. The molecule has 7 heteroatoms. The summed E-state index contributed by atoms with van der Waals surface area (Å²) >= 11 is 5.91. The summed E-state index contributed by atoms with van der Waals surface area (Å²) in [5.41, 5.74) is 0.179. The van der Waals surface area contributed by atoms with Gasteiger partial charge in [0.2, 0.25) is 5.91 Å². The van der Waals surface area contributed by atoms with E-state index in [1.807, 2.05) is 4.90 Å². The van der Waals surface area contributed by atoms with Crippen molar-refractivity contribution in [2.24, 2.45) is 0 Å². The predicted molar refractivity (Wildman–Crippen MR) is 76.1 cm³/mol. The first-order chi connectivity index (χ1) is 9.52. The quantitative estimate of drug-likeness (QED) is 0.676. The fraction of sp³-hybridized carbons (Fsp3) is 0.538. The number of halogens is 1. The Hall–Kier alpha value is -1.69. The van der Waals surface area contributed by atoms with E-state index in [1.165, 1.54) is 0 Å². The van der Waals surface area contributed by atoms with Gasteiger partial charge in [-0.25, -0.2) is 9.97 Å². The second-order valence-corrected chi connectivity index (χ2v) is 5.20. The molecule has 0 radical (unpaired) electrons. The molecule has 0 aromatic carbocycles. The summed E-state index contributed by atoms with van der Waals surface area (Å²) in [6, 6.07) is -0.461. The van der Waals surface area contributed by atoms with Crippen LogP contribution in [0.1, 0.15) is 35.9 Å². The van der Waals surface area contributed by atoms with Crippen LogP contribution >= 0.6 is 11.6 Å². The van der Waals surface area contributed by atoms with E-state index in [1.54, 1.807) is 13.8 Å². The maximum absolute atomic E-state index is 12.2. The Labute approximate surface area is 122 Å². The SMILES string of the molecule is Cc1nc(Cl)c(C=O)c(NC(C)C(=O)N2CCCC2)n1. The largest absolute Gasteiger partial charge is 0.358 e. The third-order valence-corrected chi connectivity index (χ3v) is 3.56. The van der Waals surface area contributed by atoms with Gasteiger partial charge in [0, 0.05) is 13.1 Å². The highest BCUT2D eigenvalue weighted by atomic mass is 35.5. The summed E-state index contributed by atoms with van der Waals surface area (Å²) < 4.78 is 0. The van der Waals surface area contributed by atoms with Gasteiger partial charge >= 0.3 is 0 Å². The van der Waals surface area contributed by atoms with Crippen LogP contribution in [0.3, 0.4) is 0 Å². The molecule has 1 N–H and O–H groups in total. The lowest BCUT2D eigenvalue weighted by molar-refractivity contribution is -0.130. The van der Waals surface area contributed by atoms with Gasteiger partial charge in [-0.2, -0.15) is 0 Å². The summed E-state index contributed by atoms with van der Waals surface area (Å²) in [6.45, 7) is 5.00. The summed E-state index contributed by atoms with van der Waals surface area (Å²) in [5.74, 6) is 0.758. The molecule has 1 fully saturated rings. The molecule has 1 aliphatic rings. The van der Waals surface area contributed by atoms with Gasteiger partial charge in [-0.3, -0.25) is 9.59 Å². The molecule has 108 valence electrons. The first-order valence-corrected chi connectivity index (χ1v) is 6.95. The number of carbonyl (C=O) groups excluding carboxylic acids is 2. The van der Waals surface area contributed by atoms with Crippen LogP contribution in [0.2, 0.25) is 5.15 Å². The minimum Gasteiger partial charge on any atom is -0.358 e. The van der Waals surface area contributed by atoms with Crippen molar-refractivity contribution in [2.45, 2.75) is 32.7 Å². The van der Waals surface area contributed by atoms with Crippen LogP contribution in [0, 0.1) is 6.92 Å². The van der Waals surface area contributed by atoms with Crippen LogP contribution in [0.4, 0.5) is 5.82 Å². The summed E-state index contributed by atoms with van der Waals surface area (Å²) in [5, 5.41) is 3.06. The number of carbonyl (C=O) groups is 2. The number of likely N-dealkylation sites (tertiary alicyclic amines) is 1. The number of anilines is 1. The first-order valence-electron chi connectivity index (χ1n) is 6.57. The van der Waals surface area contributed by atoms with E-state index in [2.05, 4.69) is 15.3 Å². The van der Waals surface area contributed by atoms with Gasteiger partial charge in [-0.05, 0) is 26.7 Å². The minimum atomic E-state index is -0.461. The highest BCUT2D eigenvalue weighted by Gasteiger charge is 2.24. The average Bonchev–Trinajstić information content (AvgIpc) is 2.91. The van der Waals surface area contributed by atoms with Crippen molar-refractivity contribution in [3.63, 3.8) is 0 Å². The molecule has 0 aliphatic carbocycles. The van der Waals surface area contributed by atoms with Gasteiger partial charge in [-0.1, -0.05) is 11.6 Å². The van der Waals surface area contributed by atoms with E-state index in [9.17, 15) is 9.59 Å². The van der Waals surface area contributed by atoms with E-state index in [0.717, 1.165) is 25.9 Å². The highest BCUT2D eigenvalue weighted by molar-refractivity contribution is 6.32. The summed E-state index contributed by atoms with van der Waals surface area (Å²) in [6.07, 6.45) is 2.67. The van der Waals surface area contributed by atoms with Crippen LogP contribution in [-0.4, -0.2) is 46.2 Å². The molecule has 20 heavy (non-hydrogen) atoms. The Balaban J connectivity index is 2.16. The van der Waals surface area contributed by atoms with Gasteiger partial charge in [0.05, 0.1) is 5.56 Å². The molecule has 0 bridgehead atoms. The summed E-state index contributed by atoms with van der Waals surface area (Å²) in [7, 11) is 0. The van der Waals surface area contributed by atoms with Crippen molar-refractivity contribution in [1.82, 2.24) is 14.9 Å². The standard InChI is InChI=1S/C13H17ClN4O2/c1-8(13(20)18-5-3-4-6-18)15-12-10(7-19)11(14)16-9(2)17-12/h7-8H,3-6H2,1-2H3,(H,15,16,17). The molecule has 2 heterocycles. The van der Waals surface area contributed by atoms with Crippen molar-refractivity contribution in [2.75, 3.05) is 18.4 Å². The fourth-order valence-electron chi connectivity index (χ4n) is 2.24. The Morgan fingerprint density at radius 1 is 1.40 bits per heavy atom. The van der Waals surface area contributed by atoms with Crippen LogP contribution in [0.15, 0.2) is 0 Å². The van der Waals surface area contributed by atoms with E-state index in [0.29, 0.717) is 17.9 Å². The van der Waals surface area contributed by atoms with Crippen LogP contribution in [0.5, 0.6) is 0 Å². The Kier molecular flexibility index (Phi) is 4.54. The fourth-order valence-corrected chi connectivity index (χ4v) is 2.50. The molecule has 1 aromatic rings. The zero-order valence-electron chi connectivity index (χ0n) is 11.5. The third kappa shape index (κ3) is 3.07. The second kappa shape index (κ2) is 6.17. The minimum absolute atomic E-state index is 0.00624. The van der Waals surface area contributed by atoms with Crippen molar-refractivity contribution in [1.29, 1.82) is 0 Å². The maximum Gasteiger partial charge on any atom is 0.244 e. The Morgan fingerprint density at radius 2 is 2.05 bits per heavy atom. The smallest absolute Gasteiger partial charge is 0.244 e. The molecule has 1 unspecified atom stereocenters. The van der Waals surface area contributed by atoms with E-state index in [4.69, 9.17) is 11.6 Å². The molecule has 0 saturated carbocycles. The third-order valence-electron chi connectivity index (χ3n) is 3.27. The molecule has 1 aromatic heterocycles. The lowest BCUT2D eigenvalue weighted by atomic mass is 10.2.